The smallest absolute Gasteiger partial charge is 0.338 e. The van der Waals surface area contributed by atoms with Gasteiger partial charge in [0.1, 0.15) is 5.75 Å². The van der Waals surface area contributed by atoms with Crippen molar-refractivity contribution in [2.45, 2.75) is 46.1 Å². The molecule has 0 saturated carbocycles. The first-order valence-corrected chi connectivity index (χ1v) is 9.16. The number of para-hydroxylation sites is 1. The molecule has 6 heteroatoms. The third kappa shape index (κ3) is 4.95. The number of nitrogens with one attached hydrogen (secondary N) is 2. The topological polar surface area (TPSA) is 59.6 Å². The van der Waals surface area contributed by atoms with E-state index in [1.54, 1.807) is 6.92 Å². The number of ether oxygens (including phenoxy) is 2. The van der Waals surface area contributed by atoms with Crippen molar-refractivity contribution in [3.05, 3.63) is 41.1 Å². The van der Waals surface area contributed by atoms with Crippen molar-refractivity contribution >= 4 is 23.3 Å². The Kier molecular flexibility index (Phi) is 7.25. The first-order valence-electron chi connectivity index (χ1n) is 8.75. The molecular formula is C19H26N2O3S. The molecule has 1 atom stereocenters. The molecule has 1 aliphatic heterocycles. The third-order valence-corrected chi connectivity index (χ3v) is 4.22. The molecule has 0 radical (unpaired) electrons. The van der Waals surface area contributed by atoms with E-state index in [-0.39, 0.29) is 5.97 Å². The van der Waals surface area contributed by atoms with Crippen molar-refractivity contribution in [3.63, 3.8) is 0 Å². The van der Waals surface area contributed by atoms with Gasteiger partial charge in [-0.1, -0.05) is 38.0 Å². The van der Waals surface area contributed by atoms with Gasteiger partial charge in [0.2, 0.25) is 0 Å². The summed E-state index contributed by atoms with van der Waals surface area (Å²) in [6, 6.07) is 7.34. The Bertz CT molecular complexity index is 658. The third-order valence-electron chi connectivity index (χ3n) is 4.00. The van der Waals surface area contributed by atoms with Crippen molar-refractivity contribution in [2.24, 2.45) is 0 Å². The molecule has 1 unspecified atom stereocenters. The van der Waals surface area contributed by atoms with Crippen LogP contribution in [0.15, 0.2) is 35.5 Å². The molecule has 1 aliphatic rings. The Morgan fingerprint density at radius 2 is 2.00 bits per heavy atom. The number of unbranched alkanes of at least 4 members (excludes halogenated alkanes) is 2. The molecule has 0 bridgehead atoms. The molecule has 1 heterocycles. The Morgan fingerprint density at radius 3 is 2.72 bits per heavy atom. The highest BCUT2D eigenvalue weighted by Gasteiger charge is 2.32. The molecule has 0 spiro atoms. The van der Waals surface area contributed by atoms with Crippen LogP contribution in [-0.4, -0.2) is 24.3 Å². The lowest BCUT2D eigenvalue weighted by Gasteiger charge is -2.30. The van der Waals surface area contributed by atoms with Crippen molar-refractivity contribution in [3.8, 4) is 5.75 Å². The Hall–Kier alpha value is -2.08. The van der Waals surface area contributed by atoms with Crippen LogP contribution in [0.1, 0.15) is 51.6 Å². The van der Waals surface area contributed by atoms with Gasteiger partial charge in [-0.05, 0) is 38.6 Å². The zero-order valence-corrected chi connectivity index (χ0v) is 15.9. The molecule has 5 nitrogen and oxygen atoms in total. The van der Waals surface area contributed by atoms with Crippen LogP contribution < -0.4 is 15.4 Å². The molecule has 0 aromatic heterocycles. The highest BCUT2D eigenvalue weighted by Crippen LogP contribution is 2.33. The maximum atomic E-state index is 12.5. The summed E-state index contributed by atoms with van der Waals surface area (Å²) in [5.41, 5.74) is 2.11. The van der Waals surface area contributed by atoms with Crippen molar-refractivity contribution in [1.29, 1.82) is 0 Å². The van der Waals surface area contributed by atoms with Gasteiger partial charge in [-0.3, -0.25) is 0 Å². The molecule has 25 heavy (non-hydrogen) atoms. The van der Waals surface area contributed by atoms with Gasteiger partial charge < -0.3 is 20.1 Å². The zero-order chi connectivity index (χ0) is 18.2. The fourth-order valence-corrected chi connectivity index (χ4v) is 3.06. The summed E-state index contributed by atoms with van der Waals surface area (Å²) < 4.78 is 11.2. The van der Waals surface area contributed by atoms with Gasteiger partial charge in [-0.15, -0.1) is 0 Å². The van der Waals surface area contributed by atoms with Crippen LogP contribution in [0.5, 0.6) is 5.75 Å². The second kappa shape index (κ2) is 9.42. The molecule has 1 aromatic rings. The molecule has 0 aliphatic carbocycles. The highest BCUT2D eigenvalue weighted by atomic mass is 32.1. The Balaban J connectivity index is 2.32. The van der Waals surface area contributed by atoms with Gasteiger partial charge in [-0.2, -0.15) is 0 Å². The fraction of sp³-hybridized carbons (Fsp3) is 0.474. The summed E-state index contributed by atoms with van der Waals surface area (Å²) in [4.78, 5) is 12.5. The molecule has 0 fully saturated rings. The Morgan fingerprint density at radius 1 is 1.24 bits per heavy atom. The van der Waals surface area contributed by atoms with Gasteiger partial charge >= 0.3 is 5.97 Å². The summed E-state index contributed by atoms with van der Waals surface area (Å²) >= 11 is 5.28. The molecule has 2 rings (SSSR count). The second-order valence-electron chi connectivity index (χ2n) is 5.88. The summed E-state index contributed by atoms with van der Waals surface area (Å²) in [7, 11) is 0. The van der Waals surface area contributed by atoms with Crippen LogP contribution in [0.25, 0.3) is 0 Å². The van der Waals surface area contributed by atoms with Crippen LogP contribution in [0.2, 0.25) is 0 Å². The van der Waals surface area contributed by atoms with Gasteiger partial charge in [0.25, 0.3) is 0 Å². The van der Waals surface area contributed by atoms with E-state index in [0.29, 0.717) is 29.6 Å². The normalized spacial score (nSPS) is 16.9. The van der Waals surface area contributed by atoms with E-state index >= 15 is 0 Å². The van der Waals surface area contributed by atoms with E-state index in [0.717, 1.165) is 30.6 Å². The molecule has 0 amide bonds. The summed E-state index contributed by atoms with van der Waals surface area (Å²) in [5.74, 6) is 0.406. The monoisotopic (exact) mass is 362 g/mol. The minimum Gasteiger partial charge on any atom is -0.493 e. The summed E-state index contributed by atoms with van der Waals surface area (Å²) in [5, 5.41) is 6.66. The molecule has 2 N–H and O–H groups in total. The average molecular weight is 362 g/mol. The number of benzene rings is 1. The lowest BCUT2D eigenvalue weighted by Crippen LogP contribution is -2.45. The number of hydrogen-bond acceptors (Lipinski definition) is 4. The van der Waals surface area contributed by atoms with Gasteiger partial charge in [0.15, 0.2) is 5.11 Å². The maximum Gasteiger partial charge on any atom is 0.338 e. The van der Waals surface area contributed by atoms with Crippen LogP contribution in [0, 0.1) is 0 Å². The molecule has 0 saturated heterocycles. The van der Waals surface area contributed by atoms with Crippen LogP contribution in [0.4, 0.5) is 0 Å². The minimum absolute atomic E-state index is 0.321. The SMILES string of the molecule is CCCCCOc1ccccc1C1NC(=S)NC(C)=C1C(=O)OCC. The summed E-state index contributed by atoms with van der Waals surface area (Å²) in [6.45, 7) is 6.76. The lowest BCUT2D eigenvalue weighted by atomic mass is 9.95. The first kappa shape index (κ1) is 19.2. The fourth-order valence-electron chi connectivity index (χ4n) is 2.79. The number of esters is 1. The van der Waals surface area contributed by atoms with Crippen molar-refractivity contribution < 1.29 is 14.3 Å². The van der Waals surface area contributed by atoms with E-state index < -0.39 is 6.04 Å². The van der Waals surface area contributed by atoms with Crippen LogP contribution in [0.3, 0.4) is 0 Å². The van der Waals surface area contributed by atoms with Crippen LogP contribution >= 0.6 is 12.2 Å². The largest absolute Gasteiger partial charge is 0.493 e. The molecule has 1 aromatic carbocycles. The number of allylic oxidation sites excluding steroid dienone is 1. The van der Waals surface area contributed by atoms with Crippen molar-refractivity contribution in [1.82, 2.24) is 10.6 Å². The van der Waals surface area contributed by atoms with Crippen molar-refractivity contribution in [2.75, 3.05) is 13.2 Å². The van der Waals surface area contributed by atoms with Crippen LogP contribution in [-0.2, 0) is 9.53 Å². The van der Waals surface area contributed by atoms with E-state index in [1.807, 2.05) is 31.2 Å². The molecular weight excluding hydrogens is 336 g/mol. The number of carbonyl (C=O) groups excluding carboxylic acids is 1. The van der Waals surface area contributed by atoms with Gasteiger partial charge in [-0.25, -0.2) is 4.79 Å². The number of rotatable bonds is 8. The standard InChI is InChI=1S/C19H26N2O3S/c1-4-6-9-12-24-15-11-8-7-10-14(15)17-16(18(22)23-5-2)13(3)20-19(25)21-17/h7-8,10-11,17H,4-6,9,12H2,1-3H3,(H2,20,21,25). The maximum absolute atomic E-state index is 12.5. The lowest BCUT2D eigenvalue weighted by molar-refractivity contribution is -0.139. The van der Waals surface area contributed by atoms with Gasteiger partial charge in [0, 0.05) is 11.3 Å². The average Bonchev–Trinajstić information content (AvgIpc) is 2.58. The quantitative estimate of drug-likeness (QED) is 0.418. The molecule has 136 valence electrons. The summed E-state index contributed by atoms with van der Waals surface area (Å²) in [6.07, 6.45) is 3.28. The first-order chi connectivity index (χ1) is 12.1. The highest BCUT2D eigenvalue weighted by molar-refractivity contribution is 7.80. The van der Waals surface area contributed by atoms with E-state index in [9.17, 15) is 4.79 Å². The van der Waals surface area contributed by atoms with E-state index in [4.69, 9.17) is 21.7 Å². The van der Waals surface area contributed by atoms with E-state index in [1.165, 1.54) is 0 Å². The number of carbonyl (C=O) groups is 1. The number of hydrogen-bond donors (Lipinski definition) is 2. The zero-order valence-electron chi connectivity index (χ0n) is 15.1. The Labute approximate surface area is 154 Å². The van der Waals surface area contributed by atoms with E-state index in [2.05, 4.69) is 17.6 Å². The second-order valence-corrected chi connectivity index (χ2v) is 6.29. The number of thiocarbonyl (C=S) groups is 1. The minimum atomic E-state index is -0.393. The predicted molar refractivity (Wildman–Crippen MR) is 102 cm³/mol. The van der Waals surface area contributed by atoms with Gasteiger partial charge in [0.05, 0.1) is 24.8 Å². The predicted octanol–water partition coefficient (Wildman–Crippen LogP) is 3.61.